The molecule has 2 N–H and O–H groups in total. The van der Waals surface area contributed by atoms with E-state index in [1.54, 1.807) is 11.8 Å². The highest BCUT2D eigenvalue weighted by Crippen LogP contribution is 2.25. The van der Waals surface area contributed by atoms with Gasteiger partial charge in [-0.1, -0.05) is 18.2 Å². The van der Waals surface area contributed by atoms with Crippen LogP contribution < -0.4 is 5.73 Å². The fraction of sp³-hybridized carbons (Fsp3) is 0.250. The largest absolute Gasteiger partial charge is 0.327 e. The molecule has 0 fully saturated rings. The van der Waals surface area contributed by atoms with Crippen LogP contribution in [0.25, 0.3) is 0 Å². The lowest BCUT2D eigenvalue weighted by Crippen LogP contribution is -2.26. The highest BCUT2D eigenvalue weighted by molar-refractivity contribution is 9.10. The Morgan fingerprint density at radius 3 is 2.62 bits per heavy atom. The fourth-order valence-electron chi connectivity index (χ4n) is 1.99. The summed E-state index contributed by atoms with van der Waals surface area (Å²) in [5.41, 5.74) is 7.24. The number of aryl methyl sites for hydroxylation is 1. The number of thioether (sulfide) groups is 1. The number of benzene rings is 2. The van der Waals surface area contributed by atoms with Gasteiger partial charge in [-0.15, -0.1) is 11.8 Å². The molecule has 0 saturated carbocycles. The molecule has 0 heterocycles. The van der Waals surface area contributed by atoms with Gasteiger partial charge in [-0.05, 0) is 53.0 Å². The Bertz CT molecular complexity index is 634. The van der Waals surface area contributed by atoms with Crippen molar-refractivity contribution < 1.29 is 8.78 Å². The molecule has 0 aliphatic carbocycles. The number of halogens is 3. The van der Waals surface area contributed by atoms with E-state index >= 15 is 0 Å². The third-order valence-electron chi connectivity index (χ3n) is 3.15. The van der Waals surface area contributed by atoms with Gasteiger partial charge in [0.15, 0.2) is 0 Å². The van der Waals surface area contributed by atoms with E-state index in [1.165, 1.54) is 17.7 Å². The number of hydrogen-bond donors (Lipinski definition) is 1. The Kier molecular flexibility index (Phi) is 5.79. The van der Waals surface area contributed by atoms with E-state index in [1.807, 2.05) is 31.2 Å². The minimum absolute atomic E-state index is 0.0438. The molecular formula is C16H16BrF2NS. The van der Waals surface area contributed by atoms with Crippen LogP contribution in [-0.2, 0) is 6.42 Å². The van der Waals surface area contributed by atoms with Crippen molar-refractivity contribution in [2.45, 2.75) is 24.3 Å². The lowest BCUT2D eigenvalue weighted by atomic mass is 10.1. The van der Waals surface area contributed by atoms with Gasteiger partial charge in [0.2, 0.25) is 0 Å². The molecule has 0 radical (unpaired) electrons. The second kappa shape index (κ2) is 7.38. The molecule has 0 amide bonds. The van der Waals surface area contributed by atoms with Crippen LogP contribution in [0, 0.1) is 18.6 Å². The van der Waals surface area contributed by atoms with Gasteiger partial charge in [0.25, 0.3) is 0 Å². The van der Waals surface area contributed by atoms with Gasteiger partial charge in [0, 0.05) is 22.3 Å². The van der Waals surface area contributed by atoms with E-state index in [2.05, 4.69) is 15.9 Å². The molecule has 0 bridgehead atoms. The van der Waals surface area contributed by atoms with Crippen LogP contribution in [-0.4, -0.2) is 11.8 Å². The number of rotatable bonds is 5. The predicted octanol–water partition coefficient (Wildman–Crippen LogP) is 4.70. The molecule has 2 aromatic carbocycles. The van der Waals surface area contributed by atoms with Crippen LogP contribution in [0.15, 0.2) is 45.8 Å². The summed E-state index contributed by atoms with van der Waals surface area (Å²) >= 11 is 4.68. The maximum absolute atomic E-state index is 13.9. The molecule has 2 aromatic rings. The standard InChI is InChI=1S/C16H16BrF2NS/c1-10-4-2-3-5-15(10)21-9-11(20)8-12-14(18)7-6-13(17)16(12)19/h2-7,11H,8-9,20H2,1H3. The summed E-state index contributed by atoms with van der Waals surface area (Å²) in [7, 11) is 0. The topological polar surface area (TPSA) is 26.0 Å². The van der Waals surface area contributed by atoms with Crippen LogP contribution in [0.4, 0.5) is 8.78 Å². The van der Waals surface area contributed by atoms with E-state index in [-0.39, 0.29) is 22.5 Å². The van der Waals surface area contributed by atoms with Crippen LogP contribution in [0.2, 0.25) is 0 Å². The number of hydrogen-bond acceptors (Lipinski definition) is 2. The van der Waals surface area contributed by atoms with Crippen molar-refractivity contribution in [3.63, 3.8) is 0 Å². The normalized spacial score (nSPS) is 12.4. The Balaban J connectivity index is 2.01. The van der Waals surface area contributed by atoms with Gasteiger partial charge in [0.05, 0.1) is 4.47 Å². The van der Waals surface area contributed by atoms with E-state index in [4.69, 9.17) is 5.73 Å². The quantitative estimate of drug-likeness (QED) is 0.608. The van der Waals surface area contributed by atoms with E-state index < -0.39 is 11.6 Å². The first-order valence-electron chi connectivity index (χ1n) is 6.55. The minimum atomic E-state index is -0.564. The summed E-state index contributed by atoms with van der Waals surface area (Å²) in [5.74, 6) is -0.505. The van der Waals surface area contributed by atoms with Crippen LogP contribution in [0.5, 0.6) is 0 Å². The molecule has 2 rings (SSSR count). The Morgan fingerprint density at radius 2 is 1.90 bits per heavy atom. The molecule has 21 heavy (non-hydrogen) atoms. The lowest BCUT2D eigenvalue weighted by Gasteiger charge is -2.14. The molecule has 1 nitrogen and oxygen atoms in total. The van der Waals surface area contributed by atoms with Crippen LogP contribution in [0.1, 0.15) is 11.1 Å². The van der Waals surface area contributed by atoms with Gasteiger partial charge in [-0.3, -0.25) is 0 Å². The van der Waals surface area contributed by atoms with Gasteiger partial charge in [-0.2, -0.15) is 0 Å². The molecule has 112 valence electrons. The second-order valence-electron chi connectivity index (χ2n) is 4.86. The molecular weight excluding hydrogens is 356 g/mol. The van der Waals surface area contributed by atoms with Crippen molar-refractivity contribution in [2.24, 2.45) is 5.73 Å². The van der Waals surface area contributed by atoms with Gasteiger partial charge in [0.1, 0.15) is 11.6 Å². The Hall–Kier alpha value is -0.910. The molecule has 0 aliphatic rings. The Morgan fingerprint density at radius 1 is 1.19 bits per heavy atom. The summed E-state index contributed by atoms with van der Waals surface area (Å²) < 4.78 is 27.9. The highest BCUT2D eigenvalue weighted by Gasteiger charge is 2.16. The monoisotopic (exact) mass is 371 g/mol. The molecule has 1 unspecified atom stereocenters. The zero-order valence-electron chi connectivity index (χ0n) is 11.6. The van der Waals surface area contributed by atoms with Gasteiger partial charge in [-0.25, -0.2) is 8.78 Å². The average molecular weight is 372 g/mol. The SMILES string of the molecule is Cc1ccccc1SCC(N)Cc1c(F)ccc(Br)c1F. The smallest absolute Gasteiger partial charge is 0.143 e. The summed E-state index contributed by atoms with van der Waals surface area (Å²) in [6.45, 7) is 2.03. The predicted molar refractivity (Wildman–Crippen MR) is 87.6 cm³/mol. The molecule has 0 aliphatic heterocycles. The third-order valence-corrected chi connectivity index (χ3v) is 5.13. The van der Waals surface area contributed by atoms with E-state index in [0.29, 0.717) is 5.75 Å². The first-order valence-corrected chi connectivity index (χ1v) is 8.33. The maximum Gasteiger partial charge on any atom is 0.143 e. The third kappa shape index (κ3) is 4.28. The van der Waals surface area contributed by atoms with Crippen molar-refractivity contribution in [3.8, 4) is 0 Å². The van der Waals surface area contributed by atoms with Crippen molar-refractivity contribution in [1.29, 1.82) is 0 Å². The summed E-state index contributed by atoms with van der Waals surface area (Å²) in [6.07, 6.45) is 0.177. The van der Waals surface area contributed by atoms with E-state index in [0.717, 1.165) is 4.90 Å². The van der Waals surface area contributed by atoms with Crippen molar-refractivity contribution in [1.82, 2.24) is 0 Å². The summed E-state index contributed by atoms with van der Waals surface area (Å²) in [5, 5.41) is 0. The average Bonchev–Trinajstić information content (AvgIpc) is 2.47. The summed E-state index contributed by atoms with van der Waals surface area (Å²) in [4.78, 5) is 1.14. The highest BCUT2D eigenvalue weighted by atomic mass is 79.9. The zero-order valence-corrected chi connectivity index (χ0v) is 14.0. The molecule has 5 heteroatoms. The second-order valence-corrected chi connectivity index (χ2v) is 6.78. The van der Waals surface area contributed by atoms with Gasteiger partial charge >= 0.3 is 0 Å². The first-order chi connectivity index (χ1) is 9.99. The lowest BCUT2D eigenvalue weighted by molar-refractivity contribution is 0.539. The molecule has 0 saturated heterocycles. The van der Waals surface area contributed by atoms with E-state index in [9.17, 15) is 8.78 Å². The minimum Gasteiger partial charge on any atom is -0.327 e. The molecule has 0 aromatic heterocycles. The first kappa shape index (κ1) is 16.5. The van der Waals surface area contributed by atoms with Crippen LogP contribution >= 0.6 is 27.7 Å². The summed E-state index contributed by atoms with van der Waals surface area (Å²) in [6, 6.07) is 10.3. The van der Waals surface area contributed by atoms with Gasteiger partial charge < -0.3 is 5.73 Å². The zero-order chi connectivity index (χ0) is 15.4. The molecule has 1 atom stereocenters. The maximum atomic E-state index is 13.9. The van der Waals surface area contributed by atoms with Crippen molar-refractivity contribution >= 4 is 27.7 Å². The number of nitrogens with two attached hydrogens (primary N) is 1. The fourth-order valence-corrected chi connectivity index (χ4v) is 3.35. The van der Waals surface area contributed by atoms with Crippen molar-refractivity contribution in [2.75, 3.05) is 5.75 Å². The van der Waals surface area contributed by atoms with Crippen molar-refractivity contribution in [3.05, 3.63) is 63.6 Å². The Labute approximate surface area is 136 Å². The van der Waals surface area contributed by atoms with Crippen LogP contribution in [0.3, 0.4) is 0 Å². The molecule has 0 spiro atoms.